The van der Waals surface area contributed by atoms with Gasteiger partial charge in [-0.1, -0.05) is 48.5 Å². The fourth-order valence-electron chi connectivity index (χ4n) is 3.06. The Balaban J connectivity index is 1.67. The fourth-order valence-corrected chi connectivity index (χ4v) is 3.06. The lowest BCUT2D eigenvalue weighted by Gasteiger charge is -2.17. The molecule has 0 fully saturated rings. The van der Waals surface area contributed by atoms with Gasteiger partial charge in [-0.2, -0.15) is 13.2 Å². The Morgan fingerprint density at radius 1 is 0.967 bits per heavy atom. The summed E-state index contributed by atoms with van der Waals surface area (Å²) in [6.45, 7) is -0.702. The Morgan fingerprint density at radius 2 is 1.67 bits per heavy atom. The first-order valence-electron chi connectivity index (χ1n) is 9.13. The van der Waals surface area contributed by atoms with Gasteiger partial charge in [-0.05, 0) is 34.5 Å². The number of halogens is 3. The summed E-state index contributed by atoms with van der Waals surface area (Å²) in [4.78, 5) is 24.8. The summed E-state index contributed by atoms with van der Waals surface area (Å²) in [5.41, 5.74) is -0.252. The van der Waals surface area contributed by atoms with Crippen molar-refractivity contribution >= 4 is 28.3 Å². The van der Waals surface area contributed by atoms with E-state index in [9.17, 15) is 27.9 Å². The number of alkyl halides is 3. The molecule has 0 heterocycles. The first kappa shape index (κ1) is 21.3. The molecule has 3 rings (SSSR count). The van der Waals surface area contributed by atoms with Gasteiger partial charge >= 0.3 is 6.18 Å². The van der Waals surface area contributed by atoms with E-state index in [4.69, 9.17) is 0 Å². The van der Waals surface area contributed by atoms with Crippen molar-refractivity contribution in [2.45, 2.75) is 18.6 Å². The molecule has 3 aromatic carbocycles. The molecular weight excluding hydrogens is 397 g/mol. The van der Waals surface area contributed by atoms with Crippen molar-refractivity contribution in [2.75, 3.05) is 11.9 Å². The number of rotatable bonds is 6. The number of amides is 2. The van der Waals surface area contributed by atoms with E-state index in [1.54, 1.807) is 6.07 Å². The van der Waals surface area contributed by atoms with Crippen molar-refractivity contribution < 1.29 is 27.9 Å². The maximum absolute atomic E-state index is 12.8. The Kier molecular flexibility index (Phi) is 6.37. The van der Waals surface area contributed by atoms with Crippen molar-refractivity contribution in [3.8, 4) is 0 Å². The number of anilines is 1. The van der Waals surface area contributed by atoms with Gasteiger partial charge in [-0.15, -0.1) is 0 Å². The van der Waals surface area contributed by atoms with Gasteiger partial charge in [0, 0.05) is 5.69 Å². The number of carbonyl (C=O) groups is 2. The number of carbonyl (C=O) groups excluding carboxylic acids is 2. The van der Waals surface area contributed by atoms with Gasteiger partial charge in [0.15, 0.2) is 0 Å². The molecular formula is C22H19F3N2O3. The third-order valence-corrected chi connectivity index (χ3v) is 4.52. The summed E-state index contributed by atoms with van der Waals surface area (Å²) >= 11 is 0. The zero-order valence-corrected chi connectivity index (χ0v) is 15.7. The van der Waals surface area contributed by atoms with E-state index in [-0.39, 0.29) is 12.1 Å². The normalized spacial score (nSPS) is 12.4. The van der Waals surface area contributed by atoms with Crippen LogP contribution in [0.2, 0.25) is 0 Å². The van der Waals surface area contributed by atoms with Gasteiger partial charge in [-0.3, -0.25) is 9.59 Å². The van der Waals surface area contributed by atoms with Crippen LogP contribution < -0.4 is 10.6 Å². The molecule has 3 N–H and O–H groups in total. The number of aliphatic hydroxyl groups excluding tert-OH is 1. The molecule has 156 valence electrons. The molecule has 0 aliphatic rings. The number of nitrogens with one attached hydrogen (secondary N) is 2. The van der Waals surface area contributed by atoms with Crippen LogP contribution in [0.15, 0.2) is 66.7 Å². The van der Waals surface area contributed by atoms with Crippen molar-refractivity contribution in [1.29, 1.82) is 0 Å². The molecule has 0 aliphatic heterocycles. The average molecular weight is 416 g/mol. The monoisotopic (exact) mass is 416 g/mol. The molecule has 30 heavy (non-hydrogen) atoms. The quantitative estimate of drug-likeness (QED) is 0.576. The van der Waals surface area contributed by atoms with Crippen molar-refractivity contribution in [1.82, 2.24) is 5.32 Å². The highest BCUT2D eigenvalue weighted by Crippen LogP contribution is 2.30. The summed E-state index contributed by atoms with van der Waals surface area (Å²) in [5, 5.41) is 16.1. The summed E-state index contributed by atoms with van der Waals surface area (Å²) in [6.07, 6.45) is -4.57. The van der Waals surface area contributed by atoms with E-state index in [1.165, 1.54) is 6.07 Å². The van der Waals surface area contributed by atoms with Gasteiger partial charge in [0.1, 0.15) is 6.04 Å². The minimum absolute atomic E-state index is 0.0192. The molecule has 1 atom stereocenters. The molecule has 0 saturated carbocycles. The first-order chi connectivity index (χ1) is 14.3. The zero-order chi connectivity index (χ0) is 21.7. The number of hydrogen-bond acceptors (Lipinski definition) is 3. The highest BCUT2D eigenvalue weighted by Gasteiger charge is 2.30. The molecule has 0 radical (unpaired) electrons. The largest absolute Gasteiger partial charge is 0.416 e. The third kappa shape index (κ3) is 5.15. The van der Waals surface area contributed by atoms with E-state index >= 15 is 0 Å². The molecule has 5 nitrogen and oxygen atoms in total. The Morgan fingerprint density at radius 3 is 2.40 bits per heavy atom. The van der Waals surface area contributed by atoms with Crippen LogP contribution in [-0.2, 0) is 22.2 Å². The Hall–Kier alpha value is -3.39. The number of benzene rings is 3. The van der Waals surface area contributed by atoms with Crippen LogP contribution in [0.5, 0.6) is 0 Å². The second-order valence-electron chi connectivity index (χ2n) is 6.69. The second-order valence-corrected chi connectivity index (χ2v) is 6.69. The van der Waals surface area contributed by atoms with Crippen molar-refractivity contribution in [2.24, 2.45) is 0 Å². The Labute approximate surface area is 170 Å². The van der Waals surface area contributed by atoms with Crippen LogP contribution >= 0.6 is 0 Å². The highest BCUT2D eigenvalue weighted by atomic mass is 19.4. The van der Waals surface area contributed by atoms with E-state index in [0.717, 1.165) is 34.5 Å². The van der Waals surface area contributed by atoms with Crippen molar-refractivity contribution in [3.63, 3.8) is 0 Å². The van der Waals surface area contributed by atoms with E-state index in [0.29, 0.717) is 0 Å². The lowest BCUT2D eigenvalue weighted by atomic mass is 10.0. The van der Waals surface area contributed by atoms with Crippen molar-refractivity contribution in [3.05, 3.63) is 77.9 Å². The minimum Gasteiger partial charge on any atom is -0.394 e. The van der Waals surface area contributed by atoms with Crippen LogP contribution in [0.25, 0.3) is 10.8 Å². The van der Waals surface area contributed by atoms with Gasteiger partial charge in [-0.25, -0.2) is 0 Å². The standard InChI is InChI=1S/C22H19F3N2O3/c23-22(24,25)16-8-4-9-17(12-16)26-21(30)19(13-28)27-20(29)11-15-7-3-6-14-5-1-2-10-18(14)15/h1-10,12,19,28H,11,13H2,(H,26,30)(H,27,29)/t19-/m0/s1. The third-order valence-electron chi connectivity index (χ3n) is 4.52. The molecule has 0 saturated heterocycles. The maximum atomic E-state index is 12.8. The van der Waals surface area contributed by atoms with Crippen LogP contribution in [-0.4, -0.2) is 29.6 Å². The van der Waals surface area contributed by atoms with Gasteiger partial charge in [0.2, 0.25) is 11.8 Å². The maximum Gasteiger partial charge on any atom is 0.416 e. The molecule has 8 heteroatoms. The molecule has 0 spiro atoms. The number of aliphatic hydroxyl groups is 1. The molecule has 0 aromatic heterocycles. The van der Waals surface area contributed by atoms with E-state index in [1.807, 2.05) is 36.4 Å². The molecule has 3 aromatic rings. The first-order valence-corrected chi connectivity index (χ1v) is 9.13. The van der Waals surface area contributed by atoms with Gasteiger partial charge in [0.05, 0.1) is 18.6 Å². The van der Waals surface area contributed by atoms with Gasteiger partial charge < -0.3 is 15.7 Å². The molecule has 0 unspecified atom stereocenters. The summed E-state index contributed by atoms with van der Waals surface area (Å²) in [6, 6.07) is 15.8. The second kappa shape index (κ2) is 8.96. The van der Waals surface area contributed by atoms with Crippen LogP contribution in [0.4, 0.5) is 18.9 Å². The zero-order valence-electron chi connectivity index (χ0n) is 15.7. The highest BCUT2D eigenvalue weighted by molar-refractivity contribution is 5.98. The fraction of sp³-hybridized carbons (Fsp3) is 0.182. The van der Waals surface area contributed by atoms with Crippen LogP contribution in [0, 0.1) is 0 Å². The molecule has 0 bridgehead atoms. The summed E-state index contributed by atoms with van der Waals surface area (Å²) in [7, 11) is 0. The smallest absolute Gasteiger partial charge is 0.394 e. The Bertz CT molecular complexity index is 1060. The average Bonchev–Trinajstić information content (AvgIpc) is 2.72. The molecule has 2 amide bonds. The number of hydrogen-bond donors (Lipinski definition) is 3. The predicted octanol–water partition coefficient (Wildman–Crippen LogP) is 3.52. The van der Waals surface area contributed by atoms with Crippen LogP contribution in [0.1, 0.15) is 11.1 Å². The summed E-state index contributed by atoms with van der Waals surface area (Å²) < 4.78 is 38.4. The predicted molar refractivity (Wildman–Crippen MR) is 107 cm³/mol. The van der Waals surface area contributed by atoms with E-state index < -0.39 is 36.2 Å². The van der Waals surface area contributed by atoms with Crippen LogP contribution in [0.3, 0.4) is 0 Å². The number of fused-ring (bicyclic) bond motifs is 1. The SMILES string of the molecule is O=C(Cc1cccc2ccccc12)N[C@@H](CO)C(=O)Nc1cccc(C(F)(F)F)c1. The minimum atomic E-state index is -4.55. The lowest BCUT2D eigenvalue weighted by molar-refractivity contribution is -0.137. The summed E-state index contributed by atoms with van der Waals surface area (Å²) in [5.74, 6) is -1.31. The lowest BCUT2D eigenvalue weighted by Crippen LogP contribution is -2.46. The van der Waals surface area contributed by atoms with E-state index in [2.05, 4.69) is 10.6 Å². The topological polar surface area (TPSA) is 78.4 Å². The molecule has 0 aliphatic carbocycles. The van der Waals surface area contributed by atoms with Gasteiger partial charge in [0.25, 0.3) is 0 Å².